The number of hydrogen-bond donors (Lipinski definition) is 1. The topological polar surface area (TPSA) is 55.2 Å². The van der Waals surface area contributed by atoms with Crippen LogP contribution in [-0.4, -0.2) is 22.2 Å². The first-order valence-electron chi connectivity index (χ1n) is 6.32. The highest BCUT2D eigenvalue weighted by Gasteiger charge is 2.17. The van der Waals surface area contributed by atoms with Gasteiger partial charge in [-0.3, -0.25) is 4.98 Å². The van der Waals surface area contributed by atoms with Gasteiger partial charge in [-0.05, 0) is 18.2 Å². The zero-order chi connectivity index (χ0) is 13.9. The van der Waals surface area contributed by atoms with Crippen molar-refractivity contribution in [3.63, 3.8) is 0 Å². The van der Waals surface area contributed by atoms with Crippen LogP contribution in [0.4, 0.5) is 0 Å². The van der Waals surface area contributed by atoms with Gasteiger partial charge in [0.15, 0.2) is 0 Å². The summed E-state index contributed by atoms with van der Waals surface area (Å²) in [5, 5.41) is 10.5. The van der Waals surface area contributed by atoms with Crippen molar-refractivity contribution in [2.24, 2.45) is 0 Å². The molecule has 0 aliphatic heterocycles. The summed E-state index contributed by atoms with van der Waals surface area (Å²) in [5.74, 6) is 0.634. The maximum atomic E-state index is 10.5. The third-order valence-electron chi connectivity index (χ3n) is 3.18. The number of hydrogen-bond acceptors (Lipinski definition) is 4. The van der Waals surface area contributed by atoms with Crippen molar-refractivity contribution in [2.75, 3.05) is 7.11 Å². The molecule has 1 heterocycles. The fraction of sp³-hybridized carbons (Fsp3) is 0.125. The van der Waals surface area contributed by atoms with Crippen LogP contribution in [0.25, 0.3) is 11.0 Å². The summed E-state index contributed by atoms with van der Waals surface area (Å²) < 4.78 is 5.27. The Bertz CT molecular complexity index is 743. The number of aliphatic hydroxyl groups excluding tert-OH is 1. The lowest BCUT2D eigenvalue weighted by Crippen LogP contribution is -2.05. The Morgan fingerprint density at radius 1 is 1.00 bits per heavy atom. The zero-order valence-corrected chi connectivity index (χ0v) is 11.0. The summed E-state index contributed by atoms with van der Waals surface area (Å²) >= 11 is 0. The molecule has 3 aromatic rings. The van der Waals surface area contributed by atoms with Gasteiger partial charge in [-0.2, -0.15) is 0 Å². The first-order valence-corrected chi connectivity index (χ1v) is 6.32. The van der Waals surface area contributed by atoms with Crippen molar-refractivity contribution in [1.82, 2.24) is 9.97 Å². The first kappa shape index (κ1) is 12.6. The van der Waals surface area contributed by atoms with Gasteiger partial charge in [0.1, 0.15) is 11.9 Å². The first-order chi connectivity index (χ1) is 9.79. The van der Waals surface area contributed by atoms with E-state index >= 15 is 0 Å². The number of aliphatic hydroxyl groups is 1. The van der Waals surface area contributed by atoms with Gasteiger partial charge >= 0.3 is 0 Å². The molecule has 0 aliphatic rings. The molecule has 0 saturated heterocycles. The molecule has 3 rings (SSSR count). The van der Waals surface area contributed by atoms with Gasteiger partial charge in [0, 0.05) is 5.56 Å². The van der Waals surface area contributed by atoms with Crippen LogP contribution in [0.15, 0.2) is 54.7 Å². The molecule has 0 fully saturated rings. The molecule has 20 heavy (non-hydrogen) atoms. The third-order valence-corrected chi connectivity index (χ3v) is 3.18. The molecular weight excluding hydrogens is 252 g/mol. The van der Waals surface area contributed by atoms with E-state index in [4.69, 9.17) is 4.74 Å². The van der Waals surface area contributed by atoms with E-state index < -0.39 is 6.10 Å². The van der Waals surface area contributed by atoms with Gasteiger partial charge in [0.2, 0.25) is 0 Å². The number of benzene rings is 2. The van der Waals surface area contributed by atoms with E-state index in [2.05, 4.69) is 9.97 Å². The standard InChI is InChI=1S/C16H14N2O2/c1-20-15-9-5-2-6-11(15)16(19)14-10-17-12-7-3-4-8-13(12)18-14/h2-10,16,19H,1H3. The average Bonchev–Trinajstić information content (AvgIpc) is 2.53. The lowest BCUT2D eigenvalue weighted by molar-refractivity contribution is 0.210. The van der Waals surface area contributed by atoms with Gasteiger partial charge in [-0.15, -0.1) is 0 Å². The number of fused-ring (bicyclic) bond motifs is 1. The molecule has 0 aliphatic carbocycles. The Labute approximate surface area is 116 Å². The Morgan fingerprint density at radius 2 is 1.70 bits per heavy atom. The van der Waals surface area contributed by atoms with E-state index in [0.29, 0.717) is 17.0 Å². The summed E-state index contributed by atoms with van der Waals surface area (Å²) in [5.41, 5.74) is 2.76. The van der Waals surface area contributed by atoms with Gasteiger partial charge in [0.25, 0.3) is 0 Å². The van der Waals surface area contributed by atoms with E-state index in [1.165, 1.54) is 0 Å². The minimum absolute atomic E-state index is 0.508. The smallest absolute Gasteiger partial charge is 0.126 e. The number of ether oxygens (including phenoxy) is 1. The Hall–Kier alpha value is -2.46. The molecule has 1 N–H and O–H groups in total. The Balaban J connectivity index is 2.05. The Kier molecular flexibility index (Phi) is 3.31. The summed E-state index contributed by atoms with van der Waals surface area (Å²) in [6.45, 7) is 0. The van der Waals surface area contributed by atoms with Crippen molar-refractivity contribution in [3.05, 3.63) is 66.0 Å². The number of aromatic nitrogens is 2. The van der Waals surface area contributed by atoms with E-state index in [-0.39, 0.29) is 0 Å². The van der Waals surface area contributed by atoms with Crippen LogP contribution < -0.4 is 4.74 Å². The van der Waals surface area contributed by atoms with Crippen molar-refractivity contribution >= 4 is 11.0 Å². The zero-order valence-electron chi connectivity index (χ0n) is 11.0. The molecule has 0 spiro atoms. The van der Waals surface area contributed by atoms with E-state index in [1.807, 2.05) is 48.5 Å². The third kappa shape index (κ3) is 2.21. The number of methoxy groups -OCH3 is 1. The van der Waals surface area contributed by atoms with Crippen LogP contribution in [0, 0.1) is 0 Å². The molecule has 0 saturated carbocycles. The molecule has 100 valence electrons. The molecule has 0 radical (unpaired) electrons. The highest BCUT2D eigenvalue weighted by molar-refractivity contribution is 5.73. The maximum Gasteiger partial charge on any atom is 0.126 e. The van der Waals surface area contributed by atoms with Crippen LogP contribution in [0.5, 0.6) is 5.75 Å². The fourth-order valence-corrected chi connectivity index (χ4v) is 2.15. The van der Waals surface area contributed by atoms with Crippen LogP contribution in [0.3, 0.4) is 0 Å². The monoisotopic (exact) mass is 266 g/mol. The highest BCUT2D eigenvalue weighted by atomic mass is 16.5. The summed E-state index contributed by atoms with van der Waals surface area (Å²) in [4.78, 5) is 8.78. The second-order valence-electron chi connectivity index (χ2n) is 4.43. The number of rotatable bonds is 3. The minimum atomic E-state index is -0.858. The average molecular weight is 266 g/mol. The fourth-order valence-electron chi connectivity index (χ4n) is 2.15. The molecule has 1 atom stereocenters. The van der Waals surface area contributed by atoms with Crippen LogP contribution in [0.2, 0.25) is 0 Å². The van der Waals surface area contributed by atoms with Crippen LogP contribution in [0.1, 0.15) is 17.4 Å². The van der Waals surface area contributed by atoms with Gasteiger partial charge in [-0.25, -0.2) is 4.98 Å². The van der Waals surface area contributed by atoms with E-state index in [0.717, 1.165) is 11.0 Å². The van der Waals surface area contributed by atoms with Crippen LogP contribution >= 0.6 is 0 Å². The molecular formula is C16H14N2O2. The van der Waals surface area contributed by atoms with Crippen molar-refractivity contribution in [2.45, 2.75) is 6.10 Å². The summed E-state index contributed by atoms with van der Waals surface area (Å²) in [6.07, 6.45) is 0.739. The van der Waals surface area contributed by atoms with Gasteiger partial charge in [0.05, 0.1) is 30.0 Å². The minimum Gasteiger partial charge on any atom is -0.496 e. The van der Waals surface area contributed by atoms with E-state index in [1.54, 1.807) is 13.3 Å². The maximum absolute atomic E-state index is 10.5. The Morgan fingerprint density at radius 3 is 2.50 bits per heavy atom. The van der Waals surface area contributed by atoms with Crippen molar-refractivity contribution in [1.29, 1.82) is 0 Å². The second-order valence-corrected chi connectivity index (χ2v) is 4.43. The lowest BCUT2D eigenvalue weighted by atomic mass is 10.1. The van der Waals surface area contributed by atoms with Gasteiger partial charge < -0.3 is 9.84 Å². The molecule has 1 unspecified atom stereocenters. The molecule has 4 nitrogen and oxygen atoms in total. The summed E-state index contributed by atoms with van der Waals surface area (Å²) in [6, 6.07) is 14.9. The predicted molar refractivity (Wildman–Crippen MR) is 76.6 cm³/mol. The molecule has 0 bridgehead atoms. The van der Waals surface area contributed by atoms with Crippen LogP contribution in [-0.2, 0) is 0 Å². The molecule has 1 aromatic heterocycles. The molecule has 4 heteroatoms. The number of nitrogens with zero attached hydrogens (tertiary/aromatic N) is 2. The van der Waals surface area contributed by atoms with Crippen molar-refractivity contribution < 1.29 is 9.84 Å². The predicted octanol–water partition coefficient (Wildman–Crippen LogP) is 2.72. The molecule has 2 aromatic carbocycles. The van der Waals surface area contributed by atoms with Gasteiger partial charge in [-0.1, -0.05) is 30.3 Å². The normalized spacial score (nSPS) is 12.3. The van der Waals surface area contributed by atoms with Crippen molar-refractivity contribution in [3.8, 4) is 5.75 Å². The summed E-state index contributed by atoms with van der Waals surface area (Å²) in [7, 11) is 1.58. The lowest BCUT2D eigenvalue weighted by Gasteiger charge is -2.14. The highest BCUT2D eigenvalue weighted by Crippen LogP contribution is 2.28. The molecule has 0 amide bonds. The second kappa shape index (κ2) is 5.27. The quantitative estimate of drug-likeness (QED) is 0.792. The van der Waals surface area contributed by atoms with E-state index in [9.17, 15) is 5.11 Å². The number of para-hydroxylation sites is 3. The largest absolute Gasteiger partial charge is 0.496 e. The SMILES string of the molecule is COc1ccccc1C(O)c1cnc2ccccc2n1.